The third kappa shape index (κ3) is 4.80. The average molecular weight is 342 g/mol. The smallest absolute Gasteiger partial charge is 0.253 e. The van der Waals surface area contributed by atoms with Crippen LogP contribution in [-0.2, 0) is 0 Å². The van der Waals surface area contributed by atoms with E-state index in [4.69, 9.17) is 5.73 Å². The number of nitrogens with two attached hydrogens (primary N) is 1. The number of nitrogens with zero attached hydrogens (tertiary/aromatic N) is 1. The Balaban J connectivity index is 2.55. The summed E-state index contributed by atoms with van der Waals surface area (Å²) in [7, 11) is 0. The largest absolute Gasteiger partial charge is 0.398 e. The van der Waals surface area contributed by atoms with Crippen molar-refractivity contribution in [2.24, 2.45) is 0 Å². The second-order valence-electron chi connectivity index (χ2n) is 5.41. The summed E-state index contributed by atoms with van der Waals surface area (Å²) in [4.78, 5) is 14.4. The zero-order valence-electron chi connectivity index (χ0n) is 12.6. The molecule has 0 heterocycles. The van der Waals surface area contributed by atoms with Gasteiger partial charge in [0.15, 0.2) is 0 Å². The van der Waals surface area contributed by atoms with Crippen molar-refractivity contribution in [1.82, 2.24) is 10.2 Å². The minimum Gasteiger partial charge on any atom is -0.398 e. The molecule has 1 aromatic rings. The Bertz CT molecular complexity index is 452. The first kappa shape index (κ1) is 17.0. The molecule has 0 aliphatic carbocycles. The van der Waals surface area contributed by atoms with Crippen LogP contribution in [0.15, 0.2) is 22.7 Å². The number of anilines is 1. The van der Waals surface area contributed by atoms with Crippen LogP contribution in [0.1, 0.15) is 38.1 Å². The van der Waals surface area contributed by atoms with Gasteiger partial charge in [0.1, 0.15) is 0 Å². The Morgan fingerprint density at radius 1 is 1.30 bits per heavy atom. The van der Waals surface area contributed by atoms with Crippen LogP contribution in [0, 0.1) is 0 Å². The summed E-state index contributed by atoms with van der Waals surface area (Å²) in [6.07, 6.45) is 0. The molecular weight excluding hydrogens is 318 g/mol. The molecule has 0 bridgehead atoms. The lowest BCUT2D eigenvalue weighted by Gasteiger charge is -2.30. The lowest BCUT2D eigenvalue weighted by Crippen LogP contribution is -2.42. The molecule has 0 saturated heterocycles. The van der Waals surface area contributed by atoms with Gasteiger partial charge in [-0.05, 0) is 45.9 Å². The molecule has 1 amide bonds. The number of hydrogen-bond acceptors (Lipinski definition) is 3. The standard InChI is InChI=1S/C15H24BrN3O/c1-10(2)19(11(3)4)8-7-18-15(20)13-6-5-12(16)9-14(13)17/h5-6,9-11H,7-8,17H2,1-4H3,(H,18,20). The summed E-state index contributed by atoms with van der Waals surface area (Å²) in [5, 5.41) is 2.92. The van der Waals surface area contributed by atoms with Crippen LogP contribution >= 0.6 is 15.9 Å². The van der Waals surface area contributed by atoms with Crippen LogP contribution in [0.2, 0.25) is 0 Å². The molecule has 0 aliphatic rings. The normalized spacial score (nSPS) is 11.4. The van der Waals surface area contributed by atoms with Gasteiger partial charge in [0, 0.05) is 35.3 Å². The first-order valence-corrected chi connectivity index (χ1v) is 7.71. The fraction of sp³-hybridized carbons (Fsp3) is 0.533. The SMILES string of the molecule is CC(C)N(CCNC(=O)c1ccc(Br)cc1N)C(C)C. The average Bonchev–Trinajstić information content (AvgIpc) is 2.33. The first-order chi connectivity index (χ1) is 9.32. The van der Waals surface area contributed by atoms with Gasteiger partial charge < -0.3 is 11.1 Å². The highest BCUT2D eigenvalue weighted by Crippen LogP contribution is 2.18. The van der Waals surface area contributed by atoms with E-state index in [1.165, 1.54) is 0 Å². The number of hydrogen-bond donors (Lipinski definition) is 2. The van der Waals surface area contributed by atoms with Crippen molar-refractivity contribution in [3.8, 4) is 0 Å². The Labute approximate surface area is 129 Å². The summed E-state index contributed by atoms with van der Waals surface area (Å²) in [6, 6.07) is 6.22. The van der Waals surface area contributed by atoms with E-state index in [-0.39, 0.29) is 5.91 Å². The first-order valence-electron chi connectivity index (χ1n) is 6.92. The lowest BCUT2D eigenvalue weighted by molar-refractivity contribution is 0.0940. The molecule has 5 heteroatoms. The van der Waals surface area contributed by atoms with E-state index < -0.39 is 0 Å². The quantitative estimate of drug-likeness (QED) is 0.782. The van der Waals surface area contributed by atoms with E-state index >= 15 is 0 Å². The van der Waals surface area contributed by atoms with E-state index in [0.717, 1.165) is 11.0 Å². The summed E-state index contributed by atoms with van der Waals surface area (Å²) in [5.74, 6) is -0.123. The zero-order valence-corrected chi connectivity index (χ0v) is 14.2. The van der Waals surface area contributed by atoms with Crippen molar-refractivity contribution >= 4 is 27.5 Å². The van der Waals surface area contributed by atoms with E-state index in [1.807, 2.05) is 6.07 Å². The van der Waals surface area contributed by atoms with Crippen LogP contribution in [-0.4, -0.2) is 36.0 Å². The predicted octanol–water partition coefficient (Wildman–Crippen LogP) is 2.88. The number of nitrogen functional groups attached to an aromatic ring is 1. The third-order valence-corrected chi connectivity index (χ3v) is 3.73. The molecular formula is C15H24BrN3O. The topological polar surface area (TPSA) is 58.4 Å². The molecule has 1 rings (SSSR count). The molecule has 0 aliphatic heterocycles. The molecule has 1 aromatic carbocycles. The predicted molar refractivity (Wildman–Crippen MR) is 87.9 cm³/mol. The Hall–Kier alpha value is -1.07. The lowest BCUT2D eigenvalue weighted by atomic mass is 10.1. The van der Waals surface area contributed by atoms with Gasteiger partial charge in [0.2, 0.25) is 0 Å². The highest BCUT2D eigenvalue weighted by Gasteiger charge is 2.14. The minimum absolute atomic E-state index is 0.123. The zero-order chi connectivity index (χ0) is 15.3. The van der Waals surface area contributed by atoms with Crippen molar-refractivity contribution < 1.29 is 4.79 Å². The molecule has 0 saturated carbocycles. The van der Waals surface area contributed by atoms with Gasteiger partial charge in [-0.3, -0.25) is 9.69 Å². The molecule has 112 valence electrons. The van der Waals surface area contributed by atoms with Crippen molar-refractivity contribution in [2.75, 3.05) is 18.8 Å². The van der Waals surface area contributed by atoms with Gasteiger partial charge in [0.05, 0.1) is 5.56 Å². The van der Waals surface area contributed by atoms with E-state index in [1.54, 1.807) is 12.1 Å². The van der Waals surface area contributed by atoms with Crippen LogP contribution in [0.3, 0.4) is 0 Å². The van der Waals surface area contributed by atoms with Gasteiger partial charge in [-0.15, -0.1) is 0 Å². The van der Waals surface area contributed by atoms with E-state index in [9.17, 15) is 4.79 Å². The molecule has 4 nitrogen and oxygen atoms in total. The Morgan fingerprint density at radius 2 is 1.90 bits per heavy atom. The van der Waals surface area contributed by atoms with Gasteiger partial charge >= 0.3 is 0 Å². The number of carbonyl (C=O) groups excluding carboxylic acids is 1. The number of rotatable bonds is 6. The maximum atomic E-state index is 12.1. The molecule has 20 heavy (non-hydrogen) atoms. The molecule has 0 unspecified atom stereocenters. The summed E-state index contributed by atoms with van der Waals surface area (Å²) in [5.41, 5.74) is 6.86. The van der Waals surface area contributed by atoms with Gasteiger partial charge in [-0.2, -0.15) is 0 Å². The number of benzene rings is 1. The van der Waals surface area contributed by atoms with Crippen LogP contribution in [0.5, 0.6) is 0 Å². The van der Waals surface area contributed by atoms with Crippen LogP contribution in [0.25, 0.3) is 0 Å². The van der Waals surface area contributed by atoms with Crippen molar-refractivity contribution in [2.45, 2.75) is 39.8 Å². The molecule has 0 spiro atoms. The third-order valence-electron chi connectivity index (χ3n) is 3.24. The maximum absolute atomic E-state index is 12.1. The number of carbonyl (C=O) groups is 1. The maximum Gasteiger partial charge on any atom is 0.253 e. The van der Waals surface area contributed by atoms with Crippen molar-refractivity contribution in [3.63, 3.8) is 0 Å². The fourth-order valence-corrected chi connectivity index (χ4v) is 2.63. The number of halogens is 1. The molecule has 0 radical (unpaired) electrons. The molecule has 0 fully saturated rings. The van der Waals surface area contributed by atoms with Crippen LogP contribution in [0.4, 0.5) is 5.69 Å². The molecule has 0 aromatic heterocycles. The van der Waals surface area contributed by atoms with Crippen LogP contribution < -0.4 is 11.1 Å². The Kier molecular flexibility index (Phi) is 6.49. The minimum atomic E-state index is -0.123. The highest BCUT2D eigenvalue weighted by molar-refractivity contribution is 9.10. The Morgan fingerprint density at radius 3 is 2.40 bits per heavy atom. The second kappa shape index (κ2) is 7.64. The van der Waals surface area contributed by atoms with E-state index in [2.05, 4.69) is 53.8 Å². The van der Waals surface area contributed by atoms with Gasteiger partial charge in [0.25, 0.3) is 5.91 Å². The van der Waals surface area contributed by atoms with Gasteiger partial charge in [-0.1, -0.05) is 15.9 Å². The fourth-order valence-electron chi connectivity index (χ4n) is 2.25. The number of amides is 1. The summed E-state index contributed by atoms with van der Waals surface area (Å²) >= 11 is 3.33. The second-order valence-corrected chi connectivity index (χ2v) is 6.33. The van der Waals surface area contributed by atoms with Crippen molar-refractivity contribution in [1.29, 1.82) is 0 Å². The highest BCUT2D eigenvalue weighted by atomic mass is 79.9. The van der Waals surface area contributed by atoms with E-state index in [0.29, 0.717) is 29.9 Å². The summed E-state index contributed by atoms with van der Waals surface area (Å²) in [6.45, 7) is 10.1. The number of nitrogens with one attached hydrogen (secondary N) is 1. The van der Waals surface area contributed by atoms with Crippen molar-refractivity contribution in [3.05, 3.63) is 28.2 Å². The molecule has 0 atom stereocenters. The summed E-state index contributed by atoms with van der Waals surface area (Å²) < 4.78 is 0.873. The monoisotopic (exact) mass is 341 g/mol. The van der Waals surface area contributed by atoms with Gasteiger partial charge in [-0.25, -0.2) is 0 Å². The molecule has 3 N–H and O–H groups in total.